The molecular weight excluding hydrogens is 817 g/mol. The molecule has 0 fully saturated rings. The van der Waals surface area contributed by atoms with Gasteiger partial charge in [-0.3, -0.25) is 14.4 Å². The predicted octanol–water partition coefficient (Wildman–Crippen LogP) is 19.3. The average Bonchev–Trinajstić information content (AvgIpc) is 3.31. The smallest absolute Gasteiger partial charge is 0.306 e. The lowest BCUT2D eigenvalue weighted by Crippen LogP contribution is -2.30. The van der Waals surface area contributed by atoms with E-state index in [0.717, 1.165) is 70.6 Å². The maximum absolute atomic E-state index is 12.8. The quantitative estimate of drug-likeness (QED) is 0.0262. The minimum Gasteiger partial charge on any atom is -0.462 e. The van der Waals surface area contributed by atoms with Crippen molar-refractivity contribution >= 4 is 17.9 Å². The zero-order valence-electron chi connectivity index (χ0n) is 44.2. The molecule has 0 spiro atoms. The number of ether oxygens (including phenoxy) is 3. The SMILES string of the molecule is CCCCC/C=C\C/C=C\CCCCCCCCCC(=O)OC(COC(=O)CCCCCCCCC/C=C\CCCCCCCCC)COC(=O)CCCCCCCCCCCCCCC. The molecule has 66 heavy (non-hydrogen) atoms. The van der Waals surface area contributed by atoms with Crippen LogP contribution in [-0.4, -0.2) is 37.2 Å². The number of allylic oxidation sites excluding steroid dienone is 6. The first-order valence-corrected chi connectivity index (χ1v) is 29.0. The Morgan fingerprint density at radius 1 is 0.303 bits per heavy atom. The van der Waals surface area contributed by atoms with Crippen LogP contribution >= 0.6 is 0 Å². The van der Waals surface area contributed by atoms with Crippen LogP contribution in [0.15, 0.2) is 36.5 Å². The summed E-state index contributed by atoms with van der Waals surface area (Å²) in [5.41, 5.74) is 0. The van der Waals surface area contributed by atoms with E-state index in [1.54, 1.807) is 0 Å². The molecule has 1 unspecified atom stereocenters. The Bertz CT molecular complexity index is 1110. The highest BCUT2D eigenvalue weighted by atomic mass is 16.6. The van der Waals surface area contributed by atoms with Gasteiger partial charge in [-0.15, -0.1) is 0 Å². The highest BCUT2D eigenvalue weighted by molar-refractivity contribution is 5.71. The summed E-state index contributed by atoms with van der Waals surface area (Å²) < 4.78 is 16.9. The summed E-state index contributed by atoms with van der Waals surface area (Å²) >= 11 is 0. The molecule has 1 atom stereocenters. The number of rotatable bonds is 53. The van der Waals surface area contributed by atoms with E-state index in [2.05, 4.69) is 57.2 Å². The van der Waals surface area contributed by atoms with Crippen molar-refractivity contribution in [3.05, 3.63) is 36.5 Å². The van der Waals surface area contributed by atoms with Crippen molar-refractivity contribution < 1.29 is 28.6 Å². The summed E-state index contributed by atoms with van der Waals surface area (Å²) in [6, 6.07) is 0. The third-order valence-corrected chi connectivity index (χ3v) is 12.9. The van der Waals surface area contributed by atoms with Crippen LogP contribution in [0, 0.1) is 0 Å². The highest BCUT2D eigenvalue weighted by Crippen LogP contribution is 2.16. The Labute approximate surface area is 410 Å². The van der Waals surface area contributed by atoms with Gasteiger partial charge in [-0.05, 0) is 77.0 Å². The molecule has 0 heterocycles. The van der Waals surface area contributed by atoms with Crippen LogP contribution in [0.4, 0.5) is 0 Å². The van der Waals surface area contributed by atoms with E-state index in [9.17, 15) is 14.4 Å². The van der Waals surface area contributed by atoms with E-state index in [0.29, 0.717) is 19.3 Å². The molecule has 386 valence electrons. The first-order chi connectivity index (χ1) is 32.5. The fraction of sp³-hybridized carbons (Fsp3) is 0.850. The normalized spacial score (nSPS) is 12.2. The number of hydrogen-bond acceptors (Lipinski definition) is 6. The lowest BCUT2D eigenvalue weighted by atomic mass is 10.0. The molecule has 0 aliphatic rings. The monoisotopic (exact) mass is 927 g/mol. The number of carbonyl (C=O) groups is 3. The van der Waals surface area contributed by atoms with Crippen LogP contribution in [0.1, 0.15) is 310 Å². The summed E-state index contributed by atoms with van der Waals surface area (Å²) in [4.78, 5) is 38.1. The van der Waals surface area contributed by atoms with Gasteiger partial charge in [0.25, 0.3) is 0 Å². The molecule has 0 aliphatic heterocycles. The van der Waals surface area contributed by atoms with E-state index in [-0.39, 0.29) is 31.1 Å². The van der Waals surface area contributed by atoms with Gasteiger partial charge in [0.2, 0.25) is 0 Å². The lowest BCUT2D eigenvalue weighted by molar-refractivity contribution is -0.167. The zero-order chi connectivity index (χ0) is 47.9. The third-order valence-electron chi connectivity index (χ3n) is 12.9. The molecule has 0 rings (SSSR count). The Hall–Kier alpha value is -2.37. The first kappa shape index (κ1) is 63.6. The molecular formula is C60H110O6. The van der Waals surface area contributed by atoms with Gasteiger partial charge < -0.3 is 14.2 Å². The number of unbranched alkanes of at least 4 members (excludes halogenated alkanes) is 36. The van der Waals surface area contributed by atoms with Crippen molar-refractivity contribution in [2.45, 2.75) is 316 Å². The van der Waals surface area contributed by atoms with E-state index in [1.165, 1.54) is 199 Å². The molecule has 0 aromatic heterocycles. The van der Waals surface area contributed by atoms with Gasteiger partial charge in [-0.1, -0.05) is 250 Å². The molecule has 6 nitrogen and oxygen atoms in total. The first-order valence-electron chi connectivity index (χ1n) is 29.0. The summed E-state index contributed by atoms with van der Waals surface area (Å²) in [5.74, 6) is -0.869. The minimum atomic E-state index is -0.775. The van der Waals surface area contributed by atoms with Crippen molar-refractivity contribution in [3.8, 4) is 0 Å². The lowest BCUT2D eigenvalue weighted by Gasteiger charge is -2.18. The van der Waals surface area contributed by atoms with Crippen molar-refractivity contribution in [3.63, 3.8) is 0 Å². The zero-order valence-corrected chi connectivity index (χ0v) is 44.2. The highest BCUT2D eigenvalue weighted by Gasteiger charge is 2.19. The molecule has 0 aliphatic carbocycles. The molecule has 0 bridgehead atoms. The van der Waals surface area contributed by atoms with Gasteiger partial charge >= 0.3 is 17.9 Å². The van der Waals surface area contributed by atoms with Gasteiger partial charge in [0.15, 0.2) is 6.10 Å². The van der Waals surface area contributed by atoms with Gasteiger partial charge in [0.05, 0.1) is 0 Å². The number of carbonyl (C=O) groups excluding carboxylic acids is 3. The predicted molar refractivity (Wildman–Crippen MR) is 284 cm³/mol. The minimum absolute atomic E-state index is 0.0732. The Morgan fingerprint density at radius 2 is 0.545 bits per heavy atom. The van der Waals surface area contributed by atoms with E-state index in [4.69, 9.17) is 14.2 Å². The van der Waals surface area contributed by atoms with Crippen LogP contribution < -0.4 is 0 Å². The van der Waals surface area contributed by atoms with Crippen molar-refractivity contribution in [2.24, 2.45) is 0 Å². The van der Waals surface area contributed by atoms with Crippen LogP contribution in [0.2, 0.25) is 0 Å². The fourth-order valence-corrected chi connectivity index (χ4v) is 8.47. The summed E-state index contributed by atoms with van der Waals surface area (Å²) in [6.07, 6.45) is 65.6. The van der Waals surface area contributed by atoms with Crippen LogP contribution in [0.25, 0.3) is 0 Å². The Kier molecular flexibility index (Phi) is 53.2. The fourth-order valence-electron chi connectivity index (χ4n) is 8.47. The Morgan fingerprint density at radius 3 is 0.879 bits per heavy atom. The van der Waals surface area contributed by atoms with E-state index in [1.807, 2.05) is 0 Å². The second-order valence-corrected chi connectivity index (χ2v) is 19.6. The molecule has 0 N–H and O–H groups in total. The molecule has 0 aromatic carbocycles. The van der Waals surface area contributed by atoms with E-state index >= 15 is 0 Å². The largest absolute Gasteiger partial charge is 0.462 e. The Balaban J connectivity index is 4.35. The third kappa shape index (κ3) is 52.6. The van der Waals surface area contributed by atoms with Crippen molar-refractivity contribution in [1.29, 1.82) is 0 Å². The second kappa shape index (κ2) is 55.2. The molecule has 0 amide bonds. The molecule has 0 saturated carbocycles. The van der Waals surface area contributed by atoms with Gasteiger partial charge in [0, 0.05) is 19.3 Å². The second-order valence-electron chi connectivity index (χ2n) is 19.6. The maximum Gasteiger partial charge on any atom is 0.306 e. The number of esters is 3. The topological polar surface area (TPSA) is 78.9 Å². The maximum atomic E-state index is 12.8. The average molecular weight is 928 g/mol. The van der Waals surface area contributed by atoms with E-state index < -0.39 is 6.10 Å². The summed E-state index contributed by atoms with van der Waals surface area (Å²) in [5, 5.41) is 0. The van der Waals surface area contributed by atoms with Crippen molar-refractivity contribution in [1.82, 2.24) is 0 Å². The standard InChI is InChI=1S/C60H110O6/c1-4-7-10-13-16-19-22-25-27-29-31-32-35-38-41-44-47-50-53-59(62)65-56-57(55-64-58(61)52-49-46-43-40-37-34-24-21-18-15-12-9-6-3)66-60(63)54-51-48-45-42-39-36-33-30-28-26-23-20-17-14-11-8-5-2/h17,20,26-29,57H,4-16,18-19,21-25,30-56H2,1-3H3/b20-17-,28-26-,29-27-. The van der Waals surface area contributed by atoms with Crippen molar-refractivity contribution in [2.75, 3.05) is 13.2 Å². The molecule has 0 aromatic rings. The van der Waals surface area contributed by atoms with Gasteiger partial charge in [-0.2, -0.15) is 0 Å². The van der Waals surface area contributed by atoms with Crippen LogP contribution in [0.5, 0.6) is 0 Å². The molecule has 0 radical (unpaired) electrons. The summed E-state index contributed by atoms with van der Waals surface area (Å²) in [6.45, 7) is 6.64. The number of hydrogen-bond donors (Lipinski definition) is 0. The van der Waals surface area contributed by atoms with Crippen LogP contribution in [0.3, 0.4) is 0 Å². The van der Waals surface area contributed by atoms with Gasteiger partial charge in [0.1, 0.15) is 13.2 Å². The summed E-state index contributed by atoms with van der Waals surface area (Å²) in [7, 11) is 0. The molecule has 6 heteroatoms. The van der Waals surface area contributed by atoms with Crippen LogP contribution in [-0.2, 0) is 28.6 Å². The van der Waals surface area contributed by atoms with Gasteiger partial charge in [-0.25, -0.2) is 0 Å². The molecule has 0 saturated heterocycles.